The summed E-state index contributed by atoms with van der Waals surface area (Å²) in [5.74, 6) is -0.426. The van der Waals surface area contributed by atoms with Gasteiger partial charge in [-0.15, -0.1) is 11.8 Å². The Morgan fingerprint density at radius 1 is 1.71 bits per heavy atom. The van der Waals surface area contributed by atoms with Crippen LogP contribution < -0.4 is 5.73 Å². The monoisotopic (exact) mass is 212 g/mol. The first-order valence-electron chi connectivity index (χ1n) is 4.15. The van der Waals surface area contributed by atoms with E-state index in [1.165, 1.54) is 18.0 Å². The minimum Gasteiger partial charge on any atom is -0.462 e. The zero-order valence-corrected chi connectivity index (χ0v) is 8.93. The molecule has 0 radical (unpaired) electrons. The first-order chi connectivity index (χ1) is 6.69. The van der Waals surface area contributed by atoms with Crippen LogP contribution in [0, 0.1) is 0 Å². The number of esters is 1. The molecule has 5 heteroatoms. The normalized spacial score (nSPS) is 9.86. The number of carbonyl (C=O) groups excluding carboxylic acids is 1. The van der Waals surface area contributed by atoms with Gasteiger partial charge in [0.15, 0.2) is 0 Å². The molecule has 1 heterocycles. The highest BCUT2D eigenvalue weighted by Gasteiger charge is 2.11. The molecule has 0 amide bonds. The van der Waals surface area contributed by atoms with Crippen LogP contribution in [0.5, 0.6) is 0 Å². The molecule has 2 N–H and O–H groups in total. The number of rotatable bonds is 3. The standard InChI is InChI=1S/C9H12N2O2S/c1-3-13-9(12)6-5-11-8(14-2)4-7(6)10/h4-5H,3H2,1-2H3,(H2,10,11). The van der Waals surface area contributed by atoms with E-state index in [0.29, 0.717) is 17.9 Å². The average molecular weight is 212 g/mol. The maximum atomic E-state index is 11.3. The summed E-state index contributed by atoms with van der Waals surface area (Å²) in [6.07, 6.45) is 3.34. The van der Waals surface area contributed by atoms with Gasteiger partial charge in [-0.25, -0.2) is 9.78 Å². The Labute approximate surface area is 86.8 Å². The number of hydrogen-bond donors (Lipinski definition) is 1. The van der Waals surface area contributed by atoms with E-state index in [2.05, 4.69) is 4.98 Å². The minimum absolute atomic E-state index is 0.324. The van der Waals surface area contributed by atoms with E-state index in [1.54, 1.807) is 13.0 Å². The number of hydrogen-bond acceptors (Lipinski definition) is 5. The summed E-state index contributed by atoms with van der Waals surface area (Å²) in [5.41, 5.74) is 6.40. The lowest BCUT2D eigenvalue weighted by Gasteiger charge is -2.05. The van der Waals surface area contributed by atoms with Crippen molar-refractivity contribution in [3.05, 3.63) is 17.8 Å². The van der Waals surface area contributed by atoms with Crippen LogP contribution in [0.25, 0.3) is 0 Å². The minimum atomic E-state index is -0.426. The zero-order chi connectivity index (χ0) is 10.6. The second-order valence-corrected chi connectivity index (χ2v) is 3.36. The van der Waals surface area contributed by atoms with Crippen LogP contribution in [0.1, 0.15) is 17.3 Å². The highest BCUT2D eigenvalue weighted by molar-refractivity contribution is 7.98. The second kappa shape index (κ2) is 4.85. The fourth-order valence-corrected chi connectivity index (χ4v) is 1.34. The Morgan fingerprint density at radius 3 is 2.93 bits per heavy atom. The lowest BCUT2D eigenvalue weighted by Crippen LogP contribution is -2.08. The van der Waals surface area contributed by atoms with Crippen LogP contribution in [0.3, 0.4) is 0 Å². The van der Waals surface area contributed by atoms with Crippen molar-refractivity contribution in [2.45, 2.75) is 11.9 Å². The summed E-state index contributed by atoms with van der Waals surface area (Å²) in [6.45, 7) is 2.08. The number of carbonyl (C=O) groups is 1. The molecule has 14 heavy (non-hydrogen) atoms. The van der Waals surface area contributed by atoms with Crippen molar-refractivity contribution in [2.75, 3.05) is 18.6 Å². The predicted octanol–water partition coefficient (Wildman–Crippen LogP) is 1.56. The molecule has 0 bridgehead atoms. The van der Waals surface area contributed by atoms with Crippen molar-refractivity contribution in [3.63, 3.8) is 0 Å². The molecule has 0 fully saturated rings. The number of pyridine rings is 1. The van der Waals surface area contributed by atoms with Crippen molar-refractivity contribution in [1.29, 1.82) is 0 Å². The molecule has 1 aromatic rings. The molecule has 0 unspecified atom stereocenters. The van der Waals surface area contributed by atoms with E-state index >= 15 is 0 Å². The maximum absolute atomic E-state index is 11.3. The summed E-state index contributed by atoms with van der Waals surface area (Å²) < 4.78 is 4.82. The van der Waals surface area contributed by atoms with Gasteiger partial charge >= 0.3 is 5.97 Å². The molecule has 0 aliphatic rings. The second-order valence-electron chi connectivity index (χ2n) is 2.53. The van der Waals surface area contributed by atoms with Crippen molar-refractivity contribution >= 4 is 23.4 Å². The van der Waals surface area contributed by atoms with Gasteiger partial charge < -0.3 is 10.5 Å². The van der Waals surface area contributed by atoms with Crippen LogP contribution in [-0.4, -0.2) is 23.8 Å². The van der Waals surface area contributed by atoms with Gasteiger partial charge in [-0.3, -0.25) is 0 Å². The third-order valence-electron chi connectivity index (χ3n) is 1.62. The number of nitrogens with zero attached hydrogens (tertiary/aromatic N) is 1. The van der Waals surface area contributed by atoms with Gasteiger partial charge in [-0.05, 0) is 19.2 Å². The Kier molecular flexibility index (Phi) is 3.76. The molecule has 0 spiro atoms. The van der Waals surface area contributed by atoms with Gasteiger partial charge in [-0.1, -0.05) is 0 Å². The van der Waals surface area contributed by atoms with Gasteiger partial charge in [0.25, 0.3) is 0 Å². The van der Waals surface area contributed by atoms with Crippen molar-refractivity contribution in [2.24, 2.45) is 0 Å². The average Bonchev–Trinajstić information content (AvgIpc) is 2.17. The van der Waals surface area contributed by atoms with Crippen LogP contribution in [0.4, 0.5) is 5.69 Å². The summed E-state index contributed by atoms with van der Waals surface area (Å²) in [6, 6.07) is 1.66. The Bertz CT molecular complexity index is 342. The molecule has 76 valence electrons. The molecular formula is C9H12N2O2S. The Morgan fingerprint density at radius 2 is 2.43 bits per heavy atom. The van der Waals surface area contributed by atoms with Gasteiger partial charge in [0.05, 0.1) is 17.3 Å². The number of nitrogens with two attached hydrogens (primary N) is 1. The van der Waals surface area contributed by atoms with Crippen molar-refractivity contribution < 1.29 is 9.53 Å². The molecule has 0 aliphatic heterocycles. The largest absolute Gasteiger partial charge is 0.462 e. The fraction of sp³-hybridized carbons (Fsp3) is 0.333. The van der Waals surface area contributed by atoms with E-state index < -0.39 is 5.97 Å². The molecule has 4 nitrogen and oxygen atoms in total. The Hall–Kier alpha value is -1.23. The maximum Gasteiger partial charge on any atom is 0.341 e. The molecule has 1 rings (SSSR count). The summed E-state index contributed by atoms with van der Waals surface area (Å²) in [4.78, 5) is 15.4. The number of thioether (sulfide) groups is 1. The summed E-state index contributed by atoms with van der Waals surface area (Å²) >= 11 is 1.47. The molecule has 0 saturated heterocycles. The van der Waals surface area contributed by atoms with Gasteiger partial charge in [0, 0.05) is 6.20 Å². The van der Waals surface area contributed by atoms with E-state index in [9.17, 15) is 4.79 Å². The lowest BCUT2D eigenvalue weighted by molar-refractivity contribution is 0.0527. The first kappa shape index (κ1) is 10.8. The van der Waals surface area contributed by atoms with Crippen LogP contribution in [-0.2, 0) is 4.74 Å². The van der Waals surface area contributed by atoms with E-state index in [1.807, 2.05) is 6.26 Å². The topological polar surface area (TPSA) is 65.2 Å². The number of aromatic nitrogens is 1. The molecule has 0 atom stereocenters. The van der Waals surface area contributed by atoms with Gasteiger partial charge in [-0.2, -0.15) is 0 Å². The zero-order valence-electron chi connectivity index (χ0n) is 8.11. The fourth-order valence-electron chi connectivity index (χ4n) is 0.942. The SMILES string of the molecule is CCOC(=O)c1cnc(SC)cc1N. The number of ether oxygens (including phenoxy) is 1. The molecule has 1 aromatic heterocycles. The van der Waals surface area contributed by atoms with Crippen LogP contribution >= 0.6 is 11.8 Å². The lowest BCUT2D eigenvalue weighted by atomic mass is 10.2. The van der Waals surface area contributed by atoms with Crippen LogP contribution in [0.2, 0.25) is 0 Å². The van der Waals surface area contributed by atoms with Gasteiger partial charge in [0.1, 0.15) is 5.56 Å². The van der Waals surface area contributed by atoms with Crippen molar-refractivity contribution in [3.8, 4) is 0 Å². The molecule has 0 saturated carbocycles. The highest BCUT2D eigenvalue weighted by atomic mass is 32.2. The number of anilines is 1. The van der Waals surface area contributed by atoms with Crippen LogP contribution in [0.15, 0.2) is 17.3 Å². The smallest absolute Gasteiger partial charge is 0.341 e. The van der Waals surface area contributed by atoms with Crippen molar-refractivity contribution in [1.82, 2.24) is 4.98 Å². The third kappa shape index (κ3) is 2.38. The van der Waals surface area contributed by atoms with Gasteiger partial charge in [0.2, 0.25) is 0 Å². The highest BCUT2D eigenvalue weighted by Crippen LogP contribution is 2.18. The quantitative estimate of drug-likeness (QED) is 0.608. The molecular weight excluding hydrogens is 200 g/mol. The predicted molar refractivity (Wildman–Crippen MR) is 56.4 cm³/mol. The Balaban J connectivity index is 2.94. The van der Waals surface area contributed by atoms with E-state index in [-0.39, 0.29) is 0 Å². The molecule has 0 aromatic carbocycles. The first-order valence-corrected chi connectivity index (χ1v) is 5.38. The van der Waals surface area contributed by atoms with E-state index in [0.717, 1.165) is 5.03 Å². The van der Waals surface area contributed by atoms with E-state index in [4.69, 9.17) is 10.5 Å². The summed E-state index contributed by atoms with van der Waals surface area (Å²) in [5, 5.41) is 0.788. The third-order valence-corrected chi connectivity index (χ3v) is 2.26. The number of nitrogen functional groups attached to an aromatic ring is 1. The summed E-state index contributed by atoms with van der Waals surface area (Å²) in [7, 11) is 0. The molecule has 0 aliphatic carbocycles.